The first-order valence-electron chi connectivity index (χ1n) is 22.2. The molecule has 17 nitrogen and oxygen atoms in total. The molecular weight excluding hydrogens is 869 g/mol. The van der Waals surface area contributed by atoms with Crippen LogP contribution in [0.15, 0.2) is 66.9 Å². The zero-order chi connectivity index (χ0) is 45.7. The van der Waals surface area contributed by atoms with Gasteiger partial charge in [-0.2, -0.15) is 4.98 Å². The number of piperidine rings is 2. The Morgan fingerprint density at radius 1 is 0.908 bits per heavy atom. The number of carbonyl (C=O) groups is 4. The van der Waals surface area contributed by atoms with Gasteiger partial charge in [0.25, 0.3) is 5.91 Å². The largest absolute Gasteiger partial charge is 0.494 e. The first-order chi connectivity index (χ1) is 31.3. The summed E-state index contributed by atoms with van der Waals surface area (Å²) in [5, 5.41) is 16.4. The molecule has 4 aliphatic rings. The second-order valence-corrected chi connectivity index (χ2v) is 20.9. The smallest absolute Gasteiger partial charge is 0.255 e. The van der Waals surface area contributed by atoms with Crippen LogP contribution in [0.3, 0.4) is 0 Å². The molecule has 4 aliphatic heterocycles. The normalized spacial score (nSPS) is 18.6. The Hall–Kier alpha value is -5.74. The number of imide groups is 1. The molecule has 1 atom stereocenters. The number of hydrogen-bond acceptors (Lipinski definition) is 14. The van der Waals surface area contributed by atoms with Crippen LogP contribution in [0, 0.1) is 0 Å². The lowest BCUT2D eigenvalue weighted by atomic mass is 10.0. The summed E-state index contributed by atoms with van der Waals surface area (Å²) in [6.07, 6.45) is 4.86. The fraction of sp³-hybridized carbons (Fsp3) is 0.435. The minimum absolute atomic E-state index is 0.0143. The summed E-state index contributed by atoms with van der Waals surface area (Å²) < 4.78 is 18.7. The second kappa shape index (κ2) is 20.2. The van der Waals surface area contributed by atoms with E-state index in [9.17, 15) is 23.7 Å². The number of amides is 4. The highest BCUT2D eigenvalue weighted by Gasteiger charge is 2.40. The molecule has 5 heterocycles. The van der Waals surface area contributed by atoms with Gasteiger partial charge in [0.2, 0.25) is 23.7 Å². The molecule has 0 radical (unpaired) electrons. The Balaban J connectivity index is 0.744. The number of para-hydroxylation sites is 1. The van der Waals surface area contributed by atoms with E-state index in [1.54, 1.807) is 31.4 Å². The lowest BCUT2D eigenvalue weighted by molar-refractivity contribution is -0.137. The van der Waals surface area contributed by atoms with Crippen LogP contribution < -0.4 is 41.5 Å². The van der Waals surface area contributed by atoms with Gasteiger partial charge in [0.15, 0.2) is 5.82 Å². The summed E-state index contributed by atoms with van der Waals surface area (Å²) in [6, 6.07) is 18.9. The molecule has 5 N–H and O–H groups in total. The van der Waals surface area contributed by atoms with Crippen molar-refractivity contribution >= 4 is 82.2 Å². The van der Waals surface area contributed by atoms with Gasteiger partial charge < -0.3 is 40.4 Å². The van der Waals surface area contributed by atoms with Crippen molar-refractivity contribution in [2.24, 2.45) is 0 Å². The van der Waals surface area contributed by atoms with Gasteiger partial charge in [0.05, 0.1) is 31.2 Å². The van der Waals surface area contributed by atoms with Crippen molar-refractivity contribution < 1.29 is 28.5 Å². The minimum atomic E-state index is -2.56. The molecule has 1 aromatic heterocycles. The first kappa shape index (κ1) is 45.8. The number of aromatic nitrogens is 2. The Morgan fingerprint density at radius 2 is 1.68 bits per heavy atom. The van der Waals surface area contributed by atoms with Gasteiger partial charge in [0.1, 0.15) is 24.0 Å². The van der Waals surface area contributed by atoms with Crippen molar-refractivity contribution in [3.8, 4) is 5.75 Å². The summed E-state index contributed by atoms with van der Waals surface area (Å²) in [7, 11) is -0.914. The third kappa shape index (κ3) is 10.9. The summed E-state index contributed by atoms with van der Waals surface area (Å²) in [5.74, 6) is 0.469. The summed E-state index contributed by atoms with van der Waals surface area (Å²) in [5.41, 5.74) is 4.72. The highest BCUT2D eigenvalue weighted by Crippen LogP contribution is 2.39. The molecule has 4 aromatic rings. The number of benzene rings is 3. The summed E-state index contributed by atoms with van der Waals surface area (Å²) in [6.45, 7) is 10.7. The number of carbonyl (C=O) groups excluding carboxylic acids is 4. The number of nitrogens with zero attached hydrogens (tertiary/aromatic N) is 6. The quantitative estimate of drug-likeness (QED) is 0.0583. The van der Waals surface area contributed by atoms with E-state index in [0.717, 1.165) is 69.0 Å². The van der Waals surface area contributed by atoms with Crippen molar-refractivity contribution in [1.29, 1.82) is 0 Å². The predicted octanol–water partition coefficient (Wildman–Crippen LogP) is 4.84. The van der Waals surface area contributed by atoms with Gasteiger partial charge in [-0.25, -0.2) is 4.98 Å². The second-order valence-electron chi connectivity index (χ2n) is 17.3. The molecule has 3 fully saturated rings. The van der Waals surface area contributed by atoms with E-state index in [0.29, 0.717) is 89.8 Å². The van der Waals surface area contributed by atoms with Crippen LogP contribution in [-0.4, -0.2) is 140 Å². The van der Waals surface area contributed by atoms with E-state index in [2.05, 4.69) is 57.3 Å². The maximum absolute atomic E-state index is 13.1. The SMILES string of the molecule is COc1cc(N2CCC(N3CCN(CC(=O)NCCCNc4cccc5c4CN(C4CCC(=O)NC4=O)C5=O)CC3)CC2)ccc1Nc1ncc(Cl)c(Nc2ccccc2P(C)(C)=O)n1. The van der Waals surface area contributed by atoms with Crippen molar-refractivity contribution in [2.75, 3.05) is 100 Å². The molecule has 344 valence electrons. The van der Waals surface area contributed by atoms with Crippen LogP contribution in [-0.2, 0) is 25.5 Å². The summed E-state index contributed by atoms with van der Waals surface area (Å²) >= 11 is 6.48. The fourth-order valence-corrected chi connectivity index (χ4v) is 10.4. The third-order valence-electron chi connectivity index (χ3n) is 12.6. The van der Waals surface area contributed by atoms with Crippen molar-refractivity contribution in [1.82, 2.24) is 35.3 Å². The van der Waals surface area contributed by atoms with Crippen LogP contribution in [0.5, 0.6) is 5.75 Å². The molecule has 1 unspecified atom stereocenters. The highest BCUT2D eigenvalue weighted by molar-refractivity contribution is 7.70. The molecule has 4 amide bonds. The number of rotatable bonds is 16. The number of ether oxygens (including phenoxy) is 1. The molecule has 0 bridgehead atoms. The van der Waals surface area contributed by atoms with Crippen molar-refractivity contribution in [2.45, 2.75) is 50.7 Å². The molecular formula is C46H57ClN11O6P. The van der Waals surface area contributed by atoms with Crippen molar-refractivity contribution in [3.63, 3.8) is 0 Å². The lowest BCUT2D eigenvalue weighted by Crippen LogP contribution is -2.54. The number of hydrogen-bond donors (Lipinski definition) is 5. The predicted molar refractivity (Wildman–Crippen MR) is 254 cm³/mol. The van der Waals surface area contributed by atoms with Crippen LogP contribution in [0.25, 0.3) is 0 Å². The topological polar surface area (TPSA) is 193 Å². The minimum Gasteiger partial charge on any atom is -0.494 e. The molecule has 0 aliphatic carbocycles. The van der Waals surface area contributed by atoms with E-state index >= 15 is 0 Å². The zero-order valence-electron chi connectivity index (χ0n) is 37.1. The van der Waals surface area contributed by atoms with Crippen LogP contribution in [0.4, 0.5) is 34.5 Å². The van der Waals surface area contributed by atoms with Crippen LogP contribution in [0.1, 0.15) is 48.0 Å². The van der Waals surface area contributed by atoms with E-state index in [1.807, 2.05) is 48.5 Å². The molecule has 8 rings (SSSR count). The van der Waals surface area contributed by atoms with E-state index in [1.165, 1.54) is 6.20 Å². The van der Waals surface area contributed by atoms with Gasteiger partial charge >= 0.3 is 0 Å². The standard InChI is InChI=1S/C46H57ClN11O6P/c1-64-39-26-31(12-13-36(39)52-46-50-27-34(47)43(54-46)51-37-9-4-5-11-40(37)65(2,3)63)56-20-16-30(17-21-56)57-24-22-55(23-25-57)29-42(60)49-19-7-18-48-35-10-6-8-32-33(35)28-58(45(32)62)38-14-15-41(59)53-44(38)61/h4-6,8-13,26-27,30,38,48H,7,14-25,28-29H2,1-3H3,(H,49,60)(H,53,59,61)(H2,50,51,52,54). The average Bonchev–Trinajstić information content (AvgIpc) is 3.63. The zero-order valence-corrected chi connectivity index (χ0v) is 38.7. The molecule has 65 heavy (non-hydrogen) atoms. The number of fused-ring (bicyclic) bond motifs is 1. The number of nitrogens with one attached hydrogen (secondary N) is 5. The molecule has 0 saturated carbocycles. The van der Waals surface area contributed by atoms with Gasteiger partial charge in [-0.1, -0.05) is 29.8 Å². The number of piperazine rings is 1. The molecule has 0 spiro atoms. The maximum Gasteiger partial charge on any atom is 0.255 e. The first-order valence-corrected chi connectivity index (χ1v) is 25.2. The summed E-state index contributed by atoms with van der Waals surface area (Å²) in [4.78, 5) is 67.8. The van der Waals surface area contributed by atoms with Gasteiger partial charge in [-0.3, -0.25) is 34.3 Å². The van der Waals surface area contributed by atoms with Crippen LogP contribution >= 0.6 is 18.7 Å². The monoisotopic (exact) mass is 925 g/mol. The average molecular weight is 926 g/mol. The third-order valence-corrected chi connectivity index (χ3v) is 14.4. The maximum atomic E-state index is 13.1. The Labute approximate surface area is 384 Å². The number of methoxy groups -OCH3 is 1. The lowest BCUT2D eigenvalue weighted by Gasteiger charge is -2.43. The van der Waals surface area contributed by atoms with Gasteiger partial charge in [0, 0.05) is 105 Å². The van der Waals surface area contributed by atoms with E-state index in [4.69, 9.17) is 16.3 Å². The van der Waals surface area contributed by atoms with E-state index < -0.39 is 19.1 Å². The van der Waals surface area contributed by atoms with Crippen molar-refractivity contribution in [3.05, 3.63) is 83.0 Å². The number of halogens is 1. The Bertz CT molecular complexity index is 2470. The van der Waals surface area contributed by atoms with Gasteiger partial charge in [-0.05, 0) is 75.4 Å². The van der Waals surface area contributed by atoms with Crippen LogP contribution in [0.2, 0.25) is 5.02 Å². The highest BCUT2D eigenvalue weighted by atomic mass is 35.5. The Morgan fingerprint density at radius 3 is 2.43 bits per heavy atom. The molecule has 3 aromatic carbocycles. The number of anilines is 6. The fourth-order valence-electron chi connectivity index (χ4n) is 9.12. The molecule has 19 heteroatoms. The molecule has 3 saturated heterocycles. The van der Waals surface area contributed by atoms with E-state index in [-0.39, 0.29) is 24.1 Å². The van der Waals surface area contributed by atoms with Gasteiger partial charge in [-0.15, -0.1) is 0 Å². The Kier molecular flexibility index (Phi) is 14.2.